The smallest absolute Gasteiger partial charge is 0.359 e. The third-order valence-electron chi connectivity index (χ3n) is 5.25. The molecule has 2 aliphatic rings. The molecule has 2 aliphatic carbocycles. The standard InChI is InChI=1S/C20H19FN4O2/c21-13-6-8-14(9-7-13)25-19-3-1-2-15(19)18(24-25)11-27-20(26)17-10-16(22-23-17)12-4-5-12/h6-10,12H,1-5,11H2,(H,22,23). The zero-order valence-electron chi connectivity index (χ0n) is 14.7. The minimum absolute atomic E-state index is 0.112. The van der Waals surface area contributed by atoms with E-state index in [9.17, 15) is 9.18 Å². The van der Waals surface area contributed by atoms with Crippen LogP contribution in [0.1, 0.15) is 58.3 Å². The molecule has 0 amide bonds. The van der Waals surface area contributed by atoms with Crippen molar-refractivity contribution in [2.24, 2.45) is 0 Å². The van der Waals surface area contributed by atoms with Crippen molar-refractivity contribution in [3.05, 3.63) is 64.5 Å². The number of carbonyl (C=O) groups excluding carboxylic acids is 1. The Morgan fingerprint density at radius 3 is 2.85 bits per heavy atom. The number of esters is 1. The van der Waals surface area contributed by atoms with E-state index < -0.39 is 5.97 Å². The minimum Gasteiger partial charge on any atom is -0.454 e. The van der Waals surface area contributed by atoms with Crippen LogP contribution >= 0.6 is 0 Å². The van der Waals surface area contributed by atoms with Crippen molar-refractivity contribution >= 4 is 5.97 Å². The Hall–Kier alpha value is -2.96. The Morgan fingerprint density at radius 1 is 1.26 bits per heavy atom. The molecule has 7 heteroatoms. The summed E-state index contributed by atoms with van der Waals surface area (Å²) in [5.74, 6) is -0.212. The number of ether oxygens (including phenoxy) is 1. The number of nitrogens with zero attached hydrogens (tertiary/aromatic N) is 3. The zero-order chi connectivity index (χ0) is 18.4. The first-order valence-electron chi connectivity index (χ1n) is 9.27. The van der Waals surface area contributed by atoms with Gasteiger partial charge in [-0.15, -0.1) is 0 Å². The third-order valence-corrected chi connectivity index (χ3v) is 5.25. The lowest BCUT2D eigenvalue weighted by Crippen LogP contribution is -2.07. The number of aromatic amines is 1. The Balaban J connectivity index is 1.35. The Kier molecular flexibility index (Phi) is 3.81. The summed E-state index contributed by atoms with van der Waals surface area (Å²) >= 11 is 0. The second-order valence-corrected chi connectivity index (χ2v) is 7.17. The van der Waals surface area contributed by atoms with Gasteiger partial charge in [0.15, 0.2) is 5.69 Å². The summed E-state index contributed by atoms with van der Waals surface area (Å²) in [5.41, 5.74) is 5.14. The normalized spacial score (nSPS) is 15.7. The van der Waals surface area contributed by atoms with Crippen molar-refractivity contribution in [3.63, 3.8) is 0 Å². The summed E-state index contributed by atoms with van der Waals surface area (Å²) in [6, 6.07) is 8.04. The van der Waals surface area contributed by atoms with E-state index in [-0.39, 0.29) is 12.4 Å². The van der Waals surface area contributed by atoms with E-state index in [1.54, 1.807) is 18.2 Å². The largest absolute Gasteiger partial charge is 0.454 e. The summed E-state index contributed by atoms with van der Waals surface area (Å²) in [6.07, 6.45) is 5.15. The minimum atomic E-state index is -0.443. The molecular formula is C20H19FN4O2. The molecule has 0 saturated heterocycles. The maximum absolute atomic E-state index is 13.2. The van der Waals surface area contributed by atoms with Gasteiger partial charge in [0, 0.05) is 22.9 Å². The molecule has 1 saturated carbocycles. The number of carbonyl (C=O) groups is 1. The maximum atomic E-state index is 13.2. The van der Waals surface area contributed by atoms with Crippen molar-refractivity contribution in [2.45, 2.75) is 44.6 Å². The molecule has 5 rings (SSSR count). The van der Waals surface area contributed by atoms with Crippen LogP contribution in [0.2, 0.25) is 0 Å². The molecule has 0 spiro atoms. The molecule has 27 heavy (non-hydrogen) atoms. The number of hydrogen-bond acceptors (Lipinski definition) is 4. The van der Waals surface area contributed by atoms with Crippen molar-refractivity contribution in [1.29, 1.82) is 0 Å². The predicted octanol–water partition coefficient (Wildman–Crippen LogP) is 3.46. The topological polar surface area (TPSA) is 72.8 Å². The first kappa shape index (κ1) is 16.2. The van der Waals surface area contributed by atoms with Gasteiger partial charge < -0.3 is 4.74 Å². The molecule has 0 radical (unpaired) electrons. The molecule has 0 unspecified atom stereocenters. The van der Waals surface area contributed by atoms with Crippen LogP contribution in [-0.2, 0) is 24.2 Å². The first-order valence-corrected chi connectivity index (χ1v) is 9.27. The molecule has 1 aromatic carbocycles. The van der Waals surface area contributed by atoms with Crippen molar-refractivity contribution in [3.8, 4) is 5.69 Å². The zero-order valence-corrected chi connectivity index (χ0v) is 14.7. The molecule has 3 aromatic rings. The van der Waals surface area contributed by atoms with Gasteiger partial charge >= 0.3 is 5.97 Å². The van der Waals surface area contributed by atoms with Crippen molar-refractivity contribution < 1.29 is 13.9 Å². The van der Waals surface area contributed by atoms with Crippen LogP contribution in [0.5, 0.6) is 0 Å². The van der Waals surface area contributed by atoms with E-state index in [0.717, 1.165) is 60.4 Å². The highest BCUT2D eigenvalue weighted by atomic mass is 19.1. The van der Waals surface area contributed by atoms with Crippen LogP contribution in [0, 0.1) is 5.82 Å². The molecule has 0 aliphatic heterocycles. The Bertz CT molecular complexity index is 1000. The van der Waals surface area contributed by atoms with Crippen molar-refractivity contribution in [1.82, 2.24) is 20.0 Å². The summed E-state index contributed by atoms with van der Waals surface area (Å²) in [4.78, 5) is 12.3. The second-order valence-electron chi connectivity index (χ2n) is 7.17. The van der Waals surface area contributed by atoms with Gasteiger partial charge in [0.05, 0.1) is 5.69 Å². The molecular weight excluding hydrogens is 347 g/mol. The molecule has 138 valence electrons. The van der Waals surface area contributed by atoms with Gasteiger partial charge in [-0.1, -0.05) is 0 Å². The van der Waals surface area contributed by atoms with Crippen molar-refractivity contribution in [2.75, 3.05) is 0 Å². The number of fused-ring (bicyclic) bond motifs is 1. The van der Waals surface area contributed by atoms with Gasteiger partial charge in [-0.3, -0.25) is 5.10 Å². The Labute approximate surface area is 155 Å². The molecule has 0 atom stereocenters. The average molecular weight is 366 g/mol. The number of aromatic nitrogens is 4. The molecule has 1 fully saturated rings. The number of hydrogen-bond donors (Lipinski definition) is 1. The van der Waals surface area contributed by atoms with E-state index in [2.05, 4.69) is 15.3 Å². The number of benzene rings is 1. The SMILES string of the molecule is O=C(OCc1nn(-c2ccc(F)cc2)c2c1CCC2)c1cc(C2CC2)[nH]n1. The molecule has 0 bridgehead atoms. The fourth-order valence-corrected chi connectivity index (χ4v) is 3.68. The quantitative estimate of drug-likeness (QED) is 0.702. The van der Waals surface area contributed by atoms with Crippen LogP contribution in [0.3, 0.4) is 0 Å². The fourth-order valence-electron chi connectivity index (χ4n) is 3.68. The van der Waals surface area contributed by atoms with E-state index in [0.29, 0.717) is 11.6 Å². The summed E-state index contributed by atoms with van der Waals surface area (Å²) in [7, 11) is 0. The van der Waals surface area contributed by atoms with Crippen LogP contribution in [0.15, 0.2) is 30.3 Å². The lowest BCUT2D eigenvalue weighted by molar-refractivity contribution is 0.0459. The first-order chi connectivity index (χ1) is 13.2. The highest BCUT2D eigenvalue weighted by Gasteiger charge is 2.27. The van der Waals surface area contributed by atoms with Gasteiger partial charge in [-0.2, -0.15) is 10.2 Å². The summed E-state index contributed by atoms with van der Waals surface area (Å²) < 4.78 is 20.5. The highest BCUT2D eigenvalue weighted by Crippen LogP contribution is 2.39. The third kappa shape index (κ3) is 3.03. The van der Waals surface area contributed by atoms with E-state index in [1.807, 2.05) is 4.68 Å². The van der Waals surface area contributed by atoms with Crippen LogP contribution in [0.25, 0.3) is 5.69 Å². The van der Waals surface area contributed by atoms with Gasteiger partial charge in [0.2, 0.25) is 0 Å². The average Bonchev–Trinajstić information content (AvgIpc) is 3.09. The van der Waals surface area contributed by atoms with Gasteiger partial charge in [0.25, 0.3) is 0 Å². The van der Waals surface area contributed by atoms with E-state index >= 15 is 0 Å². The van der Waals surface area contributed by atoms with Gasteiger partial charge in [0.1, 0.15) is 18.1 Å². The summed E-state index contributed by atoms with van der Waals surface area (Å²) in [6.45, 7) is 0.112. The number of rotatable bonds is 5. The number of H-pyrrole nitrogens is 1. The maximum Gasteiger partial charge on any atom is 0.359 e. The number of halogens is 1. The highest BCUT2D eigenvalue weighted by molar-refractivity contribution is 5.87. The lowest BCUT2D eigenvalue weighted by atomic mass is 10.2. The summed E-state index contributed by atoms with van der Waals surface area (Å²) in [5, 5.41) is 11.6. The van der Waals surface area contributed by atoms with Crippen LogP contribution in [-0.4, -0.2) is 25.9 Å². The molecule has 2 aromatic heterocycles. The van der Waals surface area contributed by atoms with Crippen LogP contribution in [0.4, 0.5) is 4.39 Å². The number of nitrogens with one attached hydrogen (secondary N) is 1. The molecule has 2 heterocycles. The Morgan fingerprint density at radius 2 is 2.07 bits per heavy atom. The second kappa shape index (κ2) is 6.33. The fraction of sp³-hybridized carbons (Fsp3) is 0.350. The predicted molar refractivity (Wildman–Crippen MR) is 95.2 cm³/mol. The molecule has 6 nitrogen and oxygen atoms in total. The van der Waals surface area contributed by atoms with Gasteiger partial charge in [-0.25, -0.2) is 13.9 Å². The molecule has 1 N–H and O–H groups in total. The van der Waals surface area contributed by atoms with Crippen LogP contribution < -0.4 is 0 Å². The van der Waals surface area contributed by atoms with Gasteiger partial charge in [-0.05, 0) is 62.4 Å². The van der Waals surface area contributed by atoms with E-state index in [1.165, 1.54) is 12.1 Å². The lowest BCUT2D eigenvalue weighted by Gasteiger charge is -2.05. The monoisotopic (exact) mass is 366 g/mol. The van der Waals surface area contributed by atoms with E-state index in [4.69, 9.17) is 4.74 Å².